The van der Waals surface area contributed by atoms with E-state index in [0.29, 0.717) is 0 Å². The van der Waals surface area contributed by atoms with Gasteiger partial charge in [-0.1, -0.05) is 24.3 Å². The fourth-order valence-corrected chi connectivity index (χ4v) is 3.89. The minimum atomic E-state index is -5.08. The molecule has 31 heavy (non-hydrogen) atoms. The third-order valence-electron chi connectivity index (χ3n) is 5.64. The first-order valence-corrected chi connectivity index (χ1v) is 10.1. The predicted octanol–water partition coefficient (Wildman–Crippen LogP) is 3.37. The smallest absolute Gasteiger partial charge is 0.475 e. The van der Waals surface area contributed by atoms with Crippen LogP contribution in [0.25, 0.3) is 0 Å². The summed E-state index contributed by atoms with van der Waals surface area (Å²) in [6.45, 7) is 12.0. The summed E-state index contributed by atoms with van der Waals surface area (Å²) in [6, 6.07) is 7.86. The van der Waals surface area contributed by atoms with Crippen LogP contribution in [0.2, 0.25) is 0 Å². The van der Waals surface area contributed by atoms with Crippen LogP contribution in [-0.4, -0.2) is 78.9 Å². The van der Waals surface area contributed by atoms with Crippen LogP contribution in [0.1, 0.15) is 28.8 Å². The highest BCUT2D eigenvalue weighted by Gasteiger charge is 2.39. The lowest BCUT2D eigenvalue weighted by Gasteiger charge is -2.42. The predicted molar refractivity (Wildman–Crippen MR) is 110 cm³/mol. The number of aliphatic carboxylic acids is 1. The molecule has 172 valence electrons. The fraction of sp³-hybridized carbons (Fsp3) is 0.545. The van der Waals surface area contributed by atoms with E-state index in [-0.39, 0.29) is 11.3 Å². The average Bonchev–Trinajstić information content (AvgIpc) is 2.91. The Bertz CT molecular complexity index is 774. The maximum absolute atomic E-state index is 12.8. The second-order valence-electron chi connectivity index (χ2n) is 7.99. The number of hydrogen-bond donors (Lipinski definition) is 1. The van der Waals surface area contributed by atoms with Gasteiger partial charge in [-0.25, -0.2) is 4.79 Å². The van der Waals surface area contributed by atoms with Crippen molar-refractivity contribution in [1.29, 1.82) is 0 Å². The molecule has 2 saturated heterocycles. The quantitative estimate of drug-likeness (QED) is 0.727. The fourth-order valence-electron chi connectivity index (χ4n) is 3.89. The van der Waals surface area contributed by atoms with Crippen molar-refractivity contribution in [2.24, 2.45) is 5.41 Å². The van der Waals surface area contributed by atoms with Crippen molar-refractivity contribution in [2.45, 2.75) is 25.9 Å². The number of piperidine rings is 1. The molecular weight excluding hydrogens is 413 g/mol. The zero-order valence-corrected chi connectivity index (χ0v) is 17.7. The minimum absolute atomic E-state index is 0.167. The van der Waals surface area contributed by atoms with Gasteiger partial charge < -0.3 is 14.7 Å². The maximum Gasteiger partial charge on any atom is 0.490 e. The van der Waals surface area contributed by atoms with Crippen LogP contribution in [0, 0.1) is 12.3 Å². The van der Waals surface area contributed by atoms with Crippen LogP contribution in [-0.2, 0) is 9.53 Å². The van der Waals surface area contributed by atoms with Gasteiger partial charge in [-0.05, 0) is 31.4 Å². The number of likely N-dealkylation sites (tertiary alicyclic amines) is 1. The van der Waals surface area contributed by atoms with Crippen LogP contribution >= 0.6 is 0 Å². The number of carbonyl (C=O) groups is 2. The Balaban J connectivity index is 0.000000423. The van der Waals surface area contributed by atoms with Crippen LogP contribution < -0.4 is 0 Å². The van der Waals surface area contributed by atoms with E-state index >= 15 is 0 Å². The van der Waals surface area contributed by atoms with Crippen molar-refractivity contribution >= 4 is 11.9 Å². The van der Waals surface area contributed by atoms with Crippen molar-refractivity contribution in [1.82, 2.24) is 9.80 Å². The monoisotopic (exact) mass is 442 g/mol. The van der Waals surface area contributed by atoms with Crippen LogP contribution in [0.4, 0.5) is 13.2 Å². The molecule has 3 rings (SSSR count). The van der Waals surface area contributed by atoms with Crippen LogP contribution in [0.15, 0.2) is 36.9 Å². The normalized spacial score (nSPS) is 19.2. The topological polar surface area (TPSA) is 70.1 Å². The van der Waals surface area contributed by atoms with E-state index in [1.165, 1.54) is 0 Å². The Morgan fingerprint density at radius 3 is 2.39 bits per heavy atom. The van der Waals surface area contributed by atoms with E-state index in [4.69, 9.17) is 14.6 Å². The van der Waals surface area contributed by atoms with Gasteiger partial charge in [0.15, 0.2) is 0 Å². The molecule has 1 N–H and O–H groups in total. The van der Waals surface area contributed by atoms with Gasteiger partial charge in [0.1, 0.15) is 0 Å². The molecule has 1 amide bonds. The van der Waals surface area contributed by atoms with E-state index in [1.54, 1.807) is 0 Å². The van der Waals surface area contributed by atoms with Crippen molar-refractivity contribution in [2.75, 3.05) is 45.9 Å². The summed E-state index contributed by atoms with van der Waals surface area (Å²) in [7, 11) is 0. The highest BCUT2D eigenvalue weighted by molar-refractivity contribution is 5.95. The number of halogens is 3. The Labute approximate surface area is 180 Å². The molecule has 0 atom stereocenters. The third kappa shape index (κ3) is 7.07. The van der Waals surface area contributed by atoms with E-state index in [0.717, 1.165) is 69.9 Å². The summed E-state index contributed by atoms with van der Waals surface area (Å²) >= 11 is 0. The molecule has 2 aliphatic rings. The number of nitrogens with zero attached hydrogens (tertiary/aromatic N) is 2. The number of carbonyl (C=O) groups excluding carboxylic acids is 1. The molecule has 1 aromatic rings. The number of amides is 1. The average molecular weight is 442 g/mol. The zero-order chi connectivity index (χ0) is 23.1. The summed E-state index contributed by atoms with van der Waals surface area (Å²) in [5.74, 6) is -2.59. The minimum Gasteiger partial charge on any atom is -0.475 e. The number of rotatable bonds is 3. The highest BCUT2D eigenvalue weighted by Crippen LogP contribution is 2.35. The molecule has 1 aromatic carbocycles. The van der Waals surface area contributed by atoms with Crippen molar-refractivity contribution in [3.8, 4) is 0 Å². The molecule has 0 aliphatic carbocycles. The van der Waals surface area contributed by atoms with Crippen molar-refractivity contribution in [3.63, 3.8) is 0 Å². The number of carboxylic acids is 1. The lowest BCUT2D eigenvalue weighted by atomic mass is 9.78. The largest absolute Gasteiger partial charge is 0.490 e. The van der Waals surface area contributed by atoms with Gasteiger partial charge in [0, 0.05) is 43.7 Å². The van der Waals surface area contributed by atoms with E-state index in [2.05, 4.69) is 11.5 Å². The van der Waals surface area contributed by atoms with Gasteiger partial charge in [-0.15, -0.1) is 6.58 Å². The number of ether oxygens (including phenoxy) is 1. The third-order valence-corrected chi connectivity index (χ3v) is 5.64. The van der Waals surface area contributed by atoms with Gasteiger partial charge in [0.05, 0.1) is 13.2 Å². The van der Waals surface area contributed by atoms with E-state index < -0.39 is 12.1 Å². The molecule has 0 radical (unpaired) electrons. The summed E-state index contributed by atoms with van der Waals surface area (Å²) in [5, 5.41) is 7.12. The summed E-state index contributed by atoms with van der Waals surface area (Å²) in [5.41, 5.74) is 2.07. The second-order valence-corrected chi connectivity index (χ2v) is 7.99. The number of aryl methyl sites for hydroxylation is 1. The molecule has 2 fully saturated rings. The Morgan fingerprint density at radius 2 is 1.84 bits per heavy atom. The number of carboxylic acid groups (broad SMARTS) is 1. The molecule has 0 saturated carbocycles. The van der Waals surface area contributed by atoms with Gasteiger partial charge in [-0.2, -0.15) is 13.2 Å². The highest BCUT2D eigenvalue weighted by atomic mass is 19.4. The number of benzene rings is 1. The molecule has 6 nitrogen and oxygen atoms in total. The van der Waals surface area contributed by atoms with Crippen LogP contribution in [0.5, 0.6) is 0 Å². The Kier molecular flexibility index (Phi) is 8.64. The van der Waals surface area contributed by atoms with Gasteiger partial charge in [0.25, 0.3) is 5.91 Å². The van der Waals surface area contributed by atoms with Crippen molar-refractivity contribution in [3.05, 3.63) is 48.0 Å². The zero-order valence-electron chi connectivity index (χ0n) is 17.7. The lowest BCUT2D eigenvalue weighted by Crippen LogP contribution is -2.49. The van der Waals surface area contributed by atoms with E-state index in [9.17, 15) is 18.0 Å². The molecule has 0 aromatic heterocycles. The molecular formula is C22H29F3N2O4. The molecule has 2 aliphatic heterocycles. The Morgan fingerprint density at radius 1 is 1.23 bits per heavy atom. The van der Waals surface area contributed by atoms with E-state index in [1.807, 2.05) is 42.2 Å². The SMILES string of the molecule is C=CCN1CCOCC2(CCN(C(=O)c3ccccc3C)CC2)C1.O=C(O)C(F)(F)F. The first kappa shape index (κ1) is 24.9. The van der Waals surface area contributed by atoms with Gasteiger partial charge >= 0.3 is 12.1 Å². The van der Waals surface area contributed by atoms with Crippen molar-refractivity contribution < 1.29 is 32.6 Å². The first-order chi connectivity index (χ1) is 14.6. The first-order valence-electron chi connectivity index (χ1n) is 10.1. The molecule has 0 bridgehead atoms. The molecule has 2 heterocycles. The second kappa shape index (κ2) is 10.8. The number of hydrogen-bond acceptors (Lipinski definition) is 4. The molecule has 0 unspecified atom stereocenters. The lowest BCUT2D eigenvalue weighted by molar-refractivity contribution is -0.192. The molecule has 9 heteroatoms. The Hall–Kier alpha value is -2.39. The number of alkyl halides is 3. The van der Waals surface area contributed by atoms with Crippen LogP contribution in [0.3, 0.4) is 0 Å². The van der Waals surface area contributed by atoms with Gasteiger partial charge in [-0.3, -0.25) is 9.69 Å². The summed E-state index contributed by atoms with van der Waals surface area (Å²) in [6.07, 6.45) is -1.09. The standard InChI is InChI=1S/C20H28N2O2.C2HF3O2/c1-3-10-21-13-14-24-16-20(15-21)8-11-22(12-9-20)19(23)18-7-5-4-6-17(18)2;3-2(4,5)1(6)7/h3-7H,1,8-16H2,2H3;(H,6,7). The molecule has 1 spiro atoms. The summed E-state index contributed by atoms with van der Waals surface area (Å²) in [4.78, 5) is 26.1. The summed E-state index contributed by atoms with van der Waals surface area (Å²) < 4.78 is 37.6. The van der Waals surface area contributed by atoms with Gasteiger partial charge in [0.2, 0.25) is 0 Å². The maximum atomic E-state index is 12.8.